The van der Waals surface area contributed by atoms with Crippen molar-refractivity contribution in [2.75, 3.05) is 5.32 Å². The Bertz CT molecular complexity index is 376. The maximum atomic E-state index is 10.3. The van der Waals surface area contributed by atoms with Gasteiger partial charge in [-0.05, 0) is 13.0 Å². The third-order valence-corrected chi connectivity index (χ3v) is 1.57. The largest absolute Gasteiger partial charge is 0.465 e. The third kappa shape index (κ3) is 2.44. The van der Waals surface area contributed by atoms with Gasteiger partial charge >= 0.3 is 6.09 Å². The maximum absolute atomic E-state index is 10.3. The number of pyridine rings is 1. The number of anilines is 1. The predicted molar refractivity (Wildman–Crippen MR) is 50.0 cm³/mol. The summed E-state index contributed by atoms with van der Waals surface area (Å²) >= 11 is 0. The molecule has 1 rings (SSSR count). The number of amides is 1. The summed E-state index contributed by atoms with van der Waals surface area (Å²) in [5.41, 5.74) is 1.54. The molecule has 0 saturated carbocycles. The average Bonchev–Trinajstić information content (AvgIpc) is 2.10. The second-order valence-electron chi connectivity index (χ2n) is 2.57. The van der Waals surface area contributed by atoms with Crippen molar-refractivity contribution >= 4 is 18.0 Å². The minimum atomic E-state index is -1.16. The van der Waals surface area contributed by atoms with E-state index in [9.17, 15) is 4.79 Å². The van der Waals surface area contributed by atoms with E-state index in [-0.39, 0.29) is 0 Å². The molecule has 0 unspecified atom stereocenters. The van der Waals surface area contributed by atoms with Gasteiger partial charge < -0.3 is 10.3 Å². The second kappa shape index (κ2) is 4.22. The Labute approximate surface area is 79.9 Å². The zero-order valence-corrected chi connectivity index (χ0v) is 7.43. The predicted octanol–water partition coefficient (Wildman–Crippen LogP) is 1.29. The Hall–Kier alpha value is -2.11. The number of nitrogens with zero attached hydrogens (tertiary/aromatic N) is 2. The van der Waals surface area contributed by atoms with Crippen molar-refractivity contribution in [3.05, 3.63) is 23.5 Å². The average molecular weight is 195 g/mol. The highest BCUT2D eigenvalue weighted by molar-refractivity contribution is 5.86. The smallest absolute Gasteiger partial charge is 0.409 e. The van der Waals surface area contributed by atoms with Gasteiger partial charge in [0.05, 0.1) is 18.1 Å². The van der Waals surface area contributed by atoms with Crippen LogP contribution in [0.2, 0.25) is 0 Å². The fraction of sp³-hybridized carbons (Fsp3) is 0.125. The molecule has 0 aliphatic heterocycles. The number of aryl methyl sites for hydroxylation is 1. The molecule has 1 heterocycles. The van der Waals surface area contributed by atoms with Crippen molar-refractivity contribution in [2.24, 2.45) is 5.16 Å². The Balaban J connectivity index is 3.00. The van der Waals surface area contributed by atoms with Gasteiger partial charge in [0, 0.05) is 11.3 Å². The van der Waals surface area contributed by atoms with Crippen molar-refractivity contribution in [1.29, 1.82) is 0 Å². The van der Waals surface area contributed by atoms with E-state index in [1.807, 2.05) is 0 Å². The van der Waals surface area contributed by atoms with E-state index < -0.39 is 6.09 Å². The van der Waals surface area contributed by atoms with Crippen LogP contribution in [0.25, 0.3) is 0 Å². The fourth-order valence-electron chi connectivity index (χ4n) is 0.935. The van der Waals surface area contributed by atoms with Gasteiger partial charge in [-0.15, -0.1) is 0 Å². The van der Waals surface area contributed by atoms with E-state index in [1.165, 1.54) is 18.5 Å². The topological polar surface area (TPSA) is 94.8 Å². The molecule has 0 atom stereocenters. The summed E-state index contributed by atoms with van der Waals surface area (Å²) in [5, 5.41) is 21.7. The minimum absolute atomic E-state index is 0.331. The van der Waals surface area contributed by atoms with Gasteiger partial charge in [-0.1, -0.05) is 5.16 Å². The monoisotopic (exact) mass is 195 g/mol. The number of nitrogens with one attached hydrogen (secondary N) is 1. The molecule has 0 bridgehead atoms. The van der Waals surface area contributed by atoms with Crippen LogP contribution in [0.1, 0.15) is 11.3 Å². The first kappa shape index (κ1) is 9.97. The van der Waals surface area contributed by atoms with E-state index in [0.717, 1.165) is 0 Å². The zero-order valence-electron chi connectivity index (χ0n) is 7.43. The van der Waals surface area contributed by atoms with Gasteiger partial charge in [0.25, 0.3) is 0 Å². The lowest BCUT2D eigenvalue weighted by Crippen LogP contribution is -2.08. The molecule has 0 radical (unpaired) electrons. The molecule has 6 nitrogen and oxygen atoms in total. The summed E-state index contributed by atoms with van der Waals surface area (Å²) in [5.74, 6) is 0. The van der Waals surface area contributed by atoms with Crippen molar-refractivity contribution in [1.82, 2.24) is 4.98 Å². The third-order valence-electron chi connectivity index (χ3n) is 1.57. The Morgan fingerprint density at radius 3 is 3.00 bits per heavy atom. The van der Waals surface area contributed by atoms with Gasteiger partial charge in [-0.25, -0.2) is 4.79 Å². The van der Waals surface area contributed by atoms with Gasteiger partial charge in [0.2, 0.25) is 0 Å². The van der Waals surface area contributed by atoms with E-state index >= 15 is 0 Å². The van der Waals surface area contributed by atoms with E-state index in [4.69, 9.17) is 10.3 Å². The lowest BCUT2D eigenvalue weighted by atomic mass is 10.2. The van der Waals surface area contributed by atoms with Crippen LogP contribution in [0.5, 0.6) is 0 Å². The van der Waals surface area contributed by atoms with E-state index in [0.29, 0.717) is 16.9 Å². The first-order valence-corrected chi connectivity index (χ1v) is 3.77. The van der Waals surface area contributed by atoms with Crippen LogP contribution in [0.15, 0.2) is 17.4 Å². The molecule has 74 valence electrons. The lowest BCUT2D eigenvalue weighted by molar-refractivity contribution is 0.209. The number of rotatable bonds is 2. The van der Waals surface area contributed by atoms with Crippen molar-refractivity contribution in [3.63, 3.8) is 0 Å². The summed E-state index contributed by atoms with van der Waals surface area (Å²) in [6.45, 7) is 1.72. The molecule has 1 aromatic rings. The van der Waals surface area contributed by atoms with E-state index in [2.05, 4.69) is 15.5 Å². The lowest BCUT2D eigenvalue weighted by Gasteiger charge is -2.03. The number of oxime groups is 1. The van der Waals surface area contributed by atoms with Crippen LogP contribution < -0.4 is 5.32 Å². The Morgan fingerprint density at radius 2 is 2.43 bits per heavy atom. The Morgan fingerprint density at radius 1 is 1.71 bits per heavy atom. The highest BCUT2D eigenvalue weighted by atomic mass is 16.4. The highest BCUT2D eigenvalue weighted by Crippen LogP contribution is 2.10. The standard InChI is InChI=1S/C8H9N3O3/c1-5-6(3-10-14)2-7(4-9-5)11-8(12)13/h2-4,11,14H,1H3,(H,12,13). The molecule has 0 aromatic carbocycles. The first-order valence-electron chi connectivity index (χ1n) is 3.77. The van der Waals surface area contributed by atoms with E-state index in [1.54, 1.807) is 6.92 Å². The molecule has 6 heteroatoms. The van der Waals surface area contributed by atoms with Gasteiger partial charge in [-0.3, -0.25) is 10.3 Å². The molecule has 1 amide bonds. The first-order chi connectivity index (χ1) is 6.63. The van der Waals surface area contributed by atoms with Crippen LogP contribution in [-0.2, 0) is 0 Å². The normalized spacial score (nSPS) is 10.4. The van der Waals surface area contributed by atoms with Crippen LogP contribution in [0.3, 0.4) is 0 Å². The molecule has 0 aliphatic carbocycles. The summed E-state index contributed by atoms with van der Waals surface area (Å²) < 4.78 is 0. The molecule has 0 saturated heterocycles. The van der Waals surface area contributed by atoms with Crippen LogP contribution in [0.4, 0.5) is 10.5 Å². The quantitative estimate of drug-likeness (QED) is 0.376. The molecular weight excluding hydrogens is 186 g/mol. The summed E-state index contributed by atoms with van der Waals surface area (Å²) in [7, 11) is 0. The fourth-order valence-corrected chi connectivity index (χ4v) is 0.935. The minimum Gasteiger partial charge on any atom is -0.465 e. The SMILES string of the molecule is Cc1ncc(NC(=O)O)cc1C=NO. The summed E-state index contributed by atoms with van der Waals surface area (Å²) in [6, 6.07) is 1.52. The molecule has 0 fully saturated rings. The highest BCUT2D eigenvalue weighted by Gasteiger charge is 2.02. The molecule has 14 heavy (non-hydrogen) atoms. The van der Waals surface area contributed by atoms with Crippen molar-refractivity contribution < 1.29 is 15.1 Å². The second-order valence-corrected chi connectivity index (χ2v) is 2.57. The molecular formula is C8H9N3O3. The van der Waals surface area contributed by atoms with Gasteiger partial charge in [0.15, 0.2) is 0 Å². The Kier molecular flexibility index (Phi) is 3.01. The van der Waals surface area contributed by atoms with Crippen molar-refractivity contribution in [2.45, 2.75) is 6.92 Å². The number of carboxylic acid groups (broad SMARTS) is 1. The number of hydrogen-bond acceptors (Lipinski definition) is 4. The molecule has 0 spiro atoms. The molecule has 1 aromatic heterocycles. The van der Waals surface area contributed by atoms with Crippen LogP contribution >= 0.6 is 0 Å². The number of aromatic nitrogens is 1. The van der Waals surface area contributed by atoms with Gasteiger partial charge in [-0.2, -0.15) is 0 Å². The molecule has 3 N–H and O–H groups in total. The maximum Gasteiger partial charge on any atom is 0.409 e. The summed E-state index contributed by atoms with van der Waals surface area (Å²) in [4.78, 5) is 14.2. The summed E-state index contributed by atoms with van der Waals surface area (Å²) in [6.07, 6.45) is 1.41. The van der Waals surface area contributed by atoms with Crippen molar-refractivity contribution in [3.8, 4) is 0 Å². The zero-order chi connectivity index (χ0) is 10.6. The van der Waals surface area contributed by atoms with Crippen LogP contribution in [0, 0.1) is 6.92 Å². The number of carbonyl (C=O) groups is 1. The van der Waals surface area contributed by atoms with Crippen LogP contribution in [-0.4, -0.2) is 27.6 Å². The molecule has 0 aliphatic rings. The number of hydrogen-bond donors (Lipinski definition) is 3. The van der Waals surface area contributed by atoms with Gasteiger partial charge in [0.1, 0.15) is 0 Å².